The van der Waals surface area contributed by atoms with Gasteiger partial charge in [-0.15, -0.1) is 0 Å². The maximum absolute atomic E-state index is 12.4. The summed E-state index contributed by atoms with van der Waals surface area (Å²) in [6, 6.07) is 9.86. The molecule has 0 fully saturated rings. The van der Waals surface area contributed by atoms with Gasteiger partial charge in [0.05, 0.1) is 18.7 Å². The number of carbonyl (C=O) groups excluding carboxylic acids is 1. The average molecular weight is 456 g/mol. The lowest BCUT2D eigenvalue weighted by molar-refractivity contribution is -0.112. The third-order valence-electron chi connectivity index (χ3n) is 3.25. The lowest BCUT2D eigenvalue weighted by Crippen LogP contribution is -2.13. The fourth-order valence-corrected chi connectivity index (χ4v) is 3.31. The fourth-order valence-electron chi connectivity index (χ4n) is 2.16. The second-order valence-electron chi connectivity index (χ2n) is 5.02. The van der Waals surface area contributed by atoms with Gasteiger partial charge >= 0.3 is 0 Å². The van der Waals surface area contributed by atoms with Gasteiger partial charge in [0.25, 0.3) is 5.91 Å². The molecular formula is C18H13BrCl2N2O3. The van der Waals surface area contributed by atoms with Crippen LogP contribution in [0.4, 0.5) is 5.69 Å². The van der Waals surface area contributed by atoms with Crippen LogP contribution < -0.4 is 14.8 Å². The smallest absolute Gasteiger partial charge is 0.266 e. The van der Waals surface area contributed by atoms with Gasteiger partial charge in [-0.1, -0.05) is 23.2 Å². The zero-order valence-electron chi connectivity index (χ0n) is 13.8. The Balaban J connectivity index is 2.34. The predicted molar refractivity (Wildman–Crippen MR) is 106 cm³/mol. The second kappa shape index (κ2) is 8.95. The highest BCUT2D eigenvalue weighted by Crippen LogP contribution is 2.36. The molecule has 0 atom stereocenters. The fraction of sp³-hybridized carbons (Fsp3) is 0.111. The number of rotatable bonds is 5. The van der Waals surface area contributed by atoms with Crippen molar-refractivity contribution in [3.8, 4) is 17.6 Å². The van der Waals surface area contributed by atoms with Crippen LogP contribution >= 0.6 is 39.1 Å². The van der Waals surface area contributed by atoms with E-state index in [9.17, 15) is 10.1 Å². The largest absolute Gasteiger partial charge is 0.493 e. The van der Waals surface area contributed by atoms with Gasteiger partial charge in [0, 0.05) is 15.7 Å². The molecule has 0 aliphatic carbocycles. The minimum atomic E-state index is -0.586. The number of nitrogens with zero attached hydrogens (tertiary/aromatic N) is 1. The highest BCUT2D eigenvalue weighted by atomic mass is 79.9. The molecule has 2 rings (SSSR count). The molecule has 0 aliphatic heterocycles. The van der Waals surface area contributed by atoms with Crippen molar-refractivity contribution in [3.63, 3.8) is 0 Å². The van der Waals surface area contributed by atoms with Crippen molar-refractivity contribution in [3.05, 3.63) is 56.0 Å². The van der Waals surface area contributed by atoms with Crippen molar-refractivity contribution in [1.82, 2.24) is 0 Å². The molecule has 26 heavy (non-hydrogen) atoms. The van der Waals surface area contributed by atoms with E-state index in [0.717, 1.165) is 0 Å². The van der Waals surface area contributed by atoms with E-state index in [1.165, 1.54) is 32.4 Å². The first-order valence-electron chi connectivity index (χ1n) is 7.18. The van der Waals surface area contributed by atoms with Crippen molar-refractivity contribution >= 4 is 56.8 Å². The number of anilines is 1. The van der Waals surface area contributed by atoms with Gasteiger partial charge in [-0.3, -0.25) is 4.79 Å². The Hall–Kier alpha value is -2.20. The molecule has 8 heteroatoms. The van der Waals surface area contributed by atoms with Gasteiger partial charge in [-0.2, -0.15) is 5.26 Å². The summed E-state index contributed by atoms with van der Waals surface area (Å²) in [5.74, 6) is 0.394. The number of nitriles is 1. The van der Waals surface area contributed by atoms with E-state index in [1.54, 1.807) is 18.2 Å². The maximum Gasteiger partial charge on any atom is 0.266 e. The van der Waals surface area contributed by atoms with Crippen LogP contribution in [0, 0.1) is 11.3 Å². The Morgan fingerprint density at radius 1 is 1.15 bits per heavy atom. The molecular weight excluding hydrogens is 443 g/mol. The molecule has 0 radical (unpaired) electrons. The summed E-state index contributed by atoms with van der Waals surface area (Å²) in [6.07, 6.45) is 1.44. The quantitative estimate of drug-likeness (QED) is 0.489. The number of nitrogens with one attached hydrogen (secondary N) is 1. The predicted octanol–water partition coefficient (Wildman–Crippen LogP) is 5.32. The van der Waals surface area contributed by atoms with Crippen molar-refractivity contribution < 1.29 is 14.3 Å². The third-order valence-corrected chi connectivity index (χ3v) is 4.28. The number of halogens is 3. The number of amides is 1. The SMILES string of the molecule is COc1cc(C=C(C#N)C(=O)Nc2cc(Cl)cc(Cl)c2)cc(Br)c1OC. The molecule has 5 nitrogen and oxygen atoms in total. The summed E-state index contributed by atoms with van der Waals surface area (Å²) >= 11 is 15.2. The first kappa shape index (κ1) is 20.1. The topological polar surface area (TPSA) is 71.3 Å². The molecule has 0 heterocycles. The van der Waals surface area contributed by atoms with Gasteiger partial charge in [0.2, 0.25) is 0 Å². The minimum absolute atomic E-state index is 0.0970. The maximum atomic E-state index is 12.4. The Bertz CT molecular complexity index is 903. The van der Waals surface area contributed by atoms with Crippen molar-refractivity contribution in [2.24, 2.45) is 0 Å². The van der Waals surface area contributed by atoms with Crippen LogP contribution in [0.15, 0.2) is 40.4 Å². The molecule has 2 aromatic rings. The van der Waals surface area contributed by atoms with E-state index >= 15 is 0 Å². The summed E-state index contributed by atoms with van der Waals surface area (Å²) in [5, 5.41) is 12.7. The third kappa shape index (κ3) is 4.92. The van der Waals surface area contributed by atoms with E-state index in [2.05, 4.69) is 21.2 Å². The highest BCUT2D eigenvalue weighted by Gasteiger charge is 2.13. The Morgan fingerprint density at radius 2 is 1.81 bits per heavy atom. The molecule has 0 saturated heterocycles. The first-order valence-corrected chi connectivity index (χ1v) is 8.73. The van der Waals surface area contributed by atoms with Gasteiger partial charge in [0.15, 0.2) is 11.5 Å². The van der Waals surface area contributed by atoms with Gasteiger partial charge in [-0.25, -0.2) is 0 Å². The summed E-state index contributed by atoms with van der Waals surface area (Å²) in [5.41, 5.74) is 0.882. The number of hydrogen-bond acceptors (Lipinski definition) is 4. The van der Waals surface area contributed by atoms with Crippen molar-refractivity contribution in [1.29, 1.82) is 5.26 Å². The highest BCUT2D eigenvalue weighted by molar-refractivity contribution is 9.10. The van der Waals surface area contributed by atoms with Crippen molar-refractivity contribution in [2.45, 2.75) is 0 Å². The Kier molecular flexibility index (Phi) is 6.92. The zero-order chi connectivity index (χ0) is 19.3. The van der Waals surface area contributed by atoms with Crippen LogP contribution in [0.2, 0.25) is 10.0 Å². The van der Waals surface area contributed by atoms with Crippen LogP contribution in [-0.2, 0) is 4.79 Å². The number of hydrogen-bond donors (Lipinski definition) is 1. The van der Waals surface area contributed by atoms with E-state index in [4.69, 9.17) is 32.7 Å². The van der Waals surface area contributed by atoms with Gasteiger partial charge in [0.1, 0.15) is 11.6 Å². The molecule has 2 aromatic carbocycles. The van der Waals surface area contributed by atoms with Crippen LogP contribution in [0.1, 0.15) is 5.56 Å². The summed E-state index contributed by atoms with van der Waals surface area (Å²) < 4.78 is 11.1. The van der Waals surface area contributed by atoms with E-state index < -0.39 is 5.91 Å². The molecule has 134 valence electrons. The molecule has 0 aliphatic rings. The molecule has 0 saturated carbocycles. The number of benzene rings is 2. The molecule has 1 amide bonds. The average Bonchev–Trinajstić information content (AvgIpc) is 2.57. The monoisotopic (exact) mass is 454 g/mol. The second-order valence-corrected chi connectivity index (χ2v) is 6.75. The van der Waals surface area contributed by atoms with Gasteiger partial charge < -0.3 is 14.8 Å². The van der Waals surface area contributed by atoms with Crippen molar-refractivity contribution in [2.75, 3.05) is 19.5 Å². The molecule has 0 unspecified atom stereocenters. The number of ether oxygens (including phenoxy) is 2. The lowest BCUT2D eigenvalue weighted by atomic mass is 10.1. The van der Waals surface area contributed by atoms with E-state index in [-0.39, 0.29) is 5.57 Å². The normalized spacial score (nSPS) is 10.8. The van der Waals surface area contributed by atoms with E-state index in [0.29, 0.717) is 37.3 Å². The summed E-state index contributed by atoms with van der Waals surface area (Å²) in [7, 11) is 3.01. The Labute approximate surface area is 169 Å². The van der Waals surface area contributed by atoms with Crippen LogP contribution in [-0.4, -0.2) is 20.1 Å². The Morgan fingerprint density at radius 3 is 2.35 bits per heavy atom. The van der Waals surface area contributed by atoms with Crippen LogP contribution in [0.25, 0.3) is 6.08 Å². The number of carbonyl (C=O) groups is 1. The summed E-state index contributed by atoms with van der Waals surface area (Å²) in [4.78, 5) is 12.4. The first-order chi connectivity index (χ1) is 12.4. The summed E-state index contributed by atoms with van der Waals surface area (Å²) in [6.45, 7) is 0. The van der Waals surface area contributed by atoms with Gasteiger partial charge in [-0.05, 0) is 57.9 Å². The standard InChI is InChI=1S/C18H13BrCl2N2O3/c1-25-16-5-10(4-15(19)17(16)26-2)3-11(9-22)18(24)23-14-7-12(20)6-13(21)8-14/h3-8H,1-2H3,(H,23,24). The number of methoxy groups -OCH3 is 2. The van der Waals surface area contributed by atoms with Crippen LogP contribution in [0.5, 0.6) is 11.5 Å². The van der Waals surface area contributed by atoms with E-state index in [1.807, 2.05) is 6.07 Å². The molecule has 0 aromatic heterocycles. The minimum Gasteiger partial charge on any atom is -0.493 e. The molecule has 0 bridgehead atoms. The molecule has 1 N–H and O–H groups in total. The lowest BCUT2D eigenvalue weighted by Gasteiger charge is -2.11. The van der Waals surface area contributed by atoms with Crippen LogP contribution in [0.3, 0.4) is 0 Å². The molecule has 0 spiro atoms. The zero-order valence-corrected chi connectivity index (χ0v) is 16.9.